The quantitative estimate of drug-likeness (QED) is 0.572. The van der Waals surface area contributed by atoms with E-state index in [4.69, 9.17) is 0 Å². The number of alkyl halides is 6. The fourth-order valence-electron chi connectivity index (χ4n) is 3.06. The minimum Gasteiger partial charge on any atom is -0.345 e. The van der Waals surface area contributed by atoms with Gasteiger partial charge < -0.3 is 5.32 Å². The first kappa shape index (κ1) is 22.3. The smallest absolute Gasteiger partial charge is 0.345 e. The average Bonchev–Trinajstić information content (AvgIpc) is 3.13. The molecular weight excluding hydrogens is 426 g/mol. The lowest BCUT2D eigenvalue weighted by Gasteiger charge is -2.17. The van der Waals surface area contributed by atoms with E-state index in [0.29, 0.717) is 23.1 Å². The van der Waals surface area contributed by atoms with Gasteiger partial charge in [-0.25, -0.2) is 9.67 Å². The van der Waals surface area contributed by atoms with E-state index in [2.05, 4.69) is 15.4 Å². The Labute approximate surface area is 172 Å². The molecule has 1 atom stereocenters. The number of nitrogens with one attached hydrogen (secondary N) is 1. The van der Waals surface area contributed by atoms with Crippen molar-refractivity contribution in [3.8, 4) is 5.82 Å². The van der Waals surface area contributed by atoms with Gasteiger partial charge in [0, 0.05) is 6.20 Å². The second-order valence-electron chi connectivity index (χ2n) is 6.77. The Morgan fingerprint density at radius 2 is 1.68 bits per heavy atom. The van der Waals surface area contributed by atoms with Crippen LogP contribution in [0.5, 0.6) is 0 Å². The highest BCUT2D eigenvalue weighted by Gasteiger charge is 2.41. The fraction of sp³-hybridized carbons (Fsp3) is 0.250. The van der Waals surface area contributed by atoms with Crippen LogP contribution in [0, 0.1) is 6.92 Å². The van der Waals surface area contributed by atoms with Gasteiger partial charge in [0.25, 0.3) is 5.91 Å². The number of nitrogens with zero attached hydrogens (tertiary/aromatic N) is 3. The molecule has 0 saturated heterocycles. The third-order valence-corrected chi connectivity index (χ3v) is 4.58. The highest BCUT2D eigenvalue weighted by Crippen LogP contribution is 2.34. The number of pyridine rings is 1. The maximum absolute atomic E-state index is 13.7. The van der Waals surface area contributed by atoms with Crippen LogP contribution in [0.1, 0.15) is 45.7 Å². The predicted octanol–water partition coefficient (Wildman–Crippen LogP) is 5.10. The summed E-state index contributed by atoms with van der Waals surface area (Å²) in [6, 6.07) is 7.81. The van der Waals surface area contributed by atoms with E-state index < -0.39 is 46.9 Å². The number of carbonyl (C=O) groups excluding carboxylic acids is 1. The SMILES string of the molecule is Cc1ccccc1[C@@H](C)NC(=O)c1cnn(-c2ccc(C(F)(F)F)cn2)c1C(F)(F)F. The number of benzene rings is 1. The molecular formula is C20H16F6N4O. The van der Waals surface area contributed by atoms with Gasteiger partial charge in [0.1, 0.15) is 0 Å². The number of carbonyl (C=O) groups is 1. The van der Waals surface area contributed by atoms with Gasteiger partial charge in [0.05, 0.1) is 23.4 Å². The Bertz CT molecular complexity index is 1090. The van der Waals surface area contributed by atoms with Crippen molar-refractivity contribution in [3.63, 3.8) is 0 Å². The number of rotatable bonds is 4. The summed E-state index contributed by atoms with van der Waals surface area (Å²) in [6.07, 6.45) is -8.60. The minimum atomic E-state index is -5.01. The molecule has 0 radical (unpaired) electrons. The highest BCUT2D eigenvalue weighted by molar-refractivity contribution is 5.95. The summed E-state index contributed by atoms with van der Waals surface area (Å²) in [7, 11) is 0. The summed E-state index contributed by atoms with van der Waals surface area (Å²) in [5.41, 5.74) is -1.76. The predicted molar refractivity (Wildman–Crippen MR) is 98.4 cm³/mol. The van der Waals surface area contributed by atoms with Gasteiger partial charge >= 0.3 is 12.4 Å². The number of halogens is 6. The van der Waals surface area contributed by atoms with E-state index >= 15 is 0 Å². The summed E-state index contributed by atoms with van der Waals surface area (Å²) >= 11 is 0. The Hall–Kier alpha value is -3.37. The molecule has 1 N–H and O–H groups in total. The van der Waals surface area contributed by atoms with Crippen LogP contribution in [-0.4, -0.2) is 20.7 Å². The van der Waals surface area contributed by atoms with Gasteiger partial charge in [-0.15, -0.1) is 0 Å². The van der Waals surface area contributed by atoms with Crippen molar-refractivity contribution in [2.24, 2.45) is 0 Å². The van der Waals surface area contributed by atoms with E-state index in [1.165, 1.54) is 0 Å². The lowest BCUT2D eigenvalue weighted by atomic mass is 10.0. The molecule has 5 nitrogen and oxygen atoms in total. The third kappa shape index (κ3) is 4.70. The normalized spacial score (nSPS) is 13.2. The molecule has 1 amide bonds. The Morgan fingerprint density at radius 3 is 2.23 bits per heavy atom. The summed E-state index contributed by atoms with van der Waals surface area (Å²) in [5, 5.41) is 6.05. The number of amides is 1. The maximum atomic E-state index is 13.7. The van der Waals surface area contributed by atoms with Gasteiger partial charge in [0.15, 0.2) is 11.5 Å². The Balaban J connectivity index is 1.96. The molecule has 164 valence electrons. The lowest BCUT2D eigenvalue weighted by molar-refractivity contribution is -0.143. The molecule has 0 spiro atoms. The molecule has 0 saturated carbocycles. The second-order valence-corrected chi connectivity index (χ2v) is 6.77. The van der Waals surface area contributed by atoms with Crippen LogP contribution in [0.15, 0.2) is 48.8 Å². The largest absolute Gasteiger partial charge is 0.434 e. The fourth-order valence-corrected chi connectivity index (χ4v) is 3.06. The van der Waals surface area contributed by atoms with E-state index in [1.54, 1.807) is 38.1 Å². The number of aromatic nitrogens is 3. The highest BCUT2D eigenvalue weighted by atomic mass is 19.4. The lowest BCUT2D eigenvalue weighted by Crippen LogP contribution is -2.29. The van der Waals surface area contributed by atoms with Gasteiger partial charge in [0.2, 0.25) is 0 Å². The van der Waals surface area contributed by atoms with Crippen molar-refractivity contribution in [3.05, 3.63) is 76.7 Å². The standard InChI is InChI=1S/C20H16F6N4O/c1-11-5-3-4-6-14(11)12(2)29-18(31)15-10-28-30(17(15)20(24,25)26)16-8-7-13(9-27-16)19(21,22)23/h3-10,12H,1-2H3,(H,29,31)/t12-/m1/s1. The monoisotopic (exact) mass is 442 g/mol. The van der Waals surface area contributed by atoms with Crippen LogP contribution >= 0.6 is 0 Å². The van der Waals surface area contributed by atoms with Crippen LogP contribution < -0.4 is 5.32 Å². The number of hydrogen-bond acceptors (Lipinski definition) is 3. The van der Waals surface area contributed by atoms with Crippen LogP contribution in [0.25, 0.3) is 5.82 Å². The molecule has 11 heteroatoms. The first-order valence-corrected chi connectivity index (χ1v) is 8.95. The first-order chi connectivity index (χ1) is 14.4. The molecule has 0 aliphatic rings. The van der Waals surface area contributed by atoms with Crippen LogP contribution in [0.3, 0.4) is 0 Å². The first-order valence-electron chi connectivity index (χ1n) is 8.95. The van der Waals surface area contributed by atoms with E-state index in [-0.39, 0.29) is 0 Å². The van der Waals surface area contributed by atoms with E-state index in [0.717, 1.165) is 17.2 Å². The van der Waals surface area contributed by atoms with E-state index in [1.807, 2.05) is 0 Å². The molecule has 0 bridgehead atoms. The molecule has 31 heavy (non-hydrogen) atoms. The molecule has 0 unspecified atom stereocenters. The van der Waals surface area contributed by atoms with E-state index in [9.17, 15) is 31.1 Å². The topological polar surface area (TPSA) is 59.8 Å². The molecule has 3 rings (SSSR count). The zero-order chi connectivity index (χ0) is 23.0. The summed E-state index contributed by atoms with van der Waals surface area (Å²) in [5.74, 6) is -1.53. The molecule has 0 fully saturated rings. The molecule has 3 aromatic rings. The third-order valence-electron chi connectivity index (χ3n) is 4.58. The van der Waals surface area contributed by atoms with Crippen LogP contribution in [0.2, 0.25) is 0 Å². The number of aryl methyl sites for hydroxylation is 1. The van der Waals surface area contributed by atoms with Crippen molar-refractivity contribution in [2.45, 2.75) is 32.2 Å². The summed E-state index contributed by atoms with van der Waals surface area (Å²) < 4.78 is 79.6. The zero-order valence-corrected chi connectivity index (χ0v) is 16.2. The van der Waals surface area contributed by atoms with Crippen molar-refractivity contribution >= 4 is 5.91 Å². The van der Waals surface area contributed by atoms with Crippen molar-refractivity contribution < 1.29 is 31.1 Å². The van der Waals surface area contributed by atoms with Crippen molar-refractivity contribution in [1.82, 2.24) is 20.1 Å². The Morgan fingerprint density at radius 1 is 1.00 bits per heavy atom. The summed E-state index contributed by atoms with van der Waals surface area (Å²) in [6.45, 7) is 3.42. The van der Waals surface area contributed by atoms with Gasteiger partial charge in [-0.3, -0.25) is 4.79 Å². The molecule has 2 aromatic heterocycles. The molecule has 2 heterocycles. The van der Waals surface area contributed by atoms with Gasteiger partial charge in [-0.05, 0) is 37.1 Å². The molecule has 0 aliphatic carbocycles. The minimum absolute atomic E-state index is 0.299. The average molecular weight is 442 g/mol. The van der Waals surface area contributed by atoms with Crippen molar-refractivity contribution in [1.29, 1.82) is 0 Å². The van der Waals surface area contributed by atoms with Crippen molar-refractivity contribution in [2.75, 3.05) is 0 Å². The van der Waals surface area contributed by atoms with Gasteiger partial charge in [-0.1, -0.05) is 24.3 Å². The molecule has 0 aliphatic heterocycles. The zero-order valence-electron chi connectivity index (χ0n) is 16.2. The van der Waals surface area contributed by atoms with Crippen LogP contribution in [-0.2, 0) is 12.4 Å². The van der Waals surface area contributed by atoms with Gasteiger partial charge in [-0.2, -0.15) is 31.4 Å². The second kappa shape index (κ2) is 8.05. The maximum Gasteiger partial charge on any atom is 0.434 e. The summed E-state index contributed by atoms with van der Waals surface area (Å²) in [4.78, 5) is 16.0. The Kier molecular flexibility index (Phi) is 5.79. The van der Waals surface area contributed by atoms with Crippen LogP contribution in [0.4, 0.5) is 26.3 Å². The number of hydrogen-bond donors (Lipinski definition) is 1. The molecule has 1 aromatic carbocycles.